The first-order valence-corrected chi connectivity index (χ1v) is 4.97. The second-order valence-corrected chi connectivity index (χ2v) is 3.22. The number of hydrogen-bond acceptors (Lipinski definition) is 4. The molecule has 1 heterocycles. The van der Waals surface area contributed by atoms with Crippen molar-refractivity contribution in [2.24, 2.45) is 4.99 Å². The molecule has 0 amide bonds. The smallest absolute Gasteiger partial charge is 0.310 e. The molecule has 1 aromatic rings. The Morgan fingerprint density at radius 1 is 1.25 bits per heavy atom. The summed E-state index contributed by atoms with van der Waals surface area (Å²) in [6.45, 7) is 0.484. The zero-order valence-corrected chi connectivity index (χ0v) is 9.01. The van der Waals surface area contributed by atoms with Crippen molar-refractivity contribution >= 4 is 6.21 Å². The van der Waals surface area contributed by atoms with Crippen LogP contribution in [0.15, 0.2) is 41.5 Å². The molecule has 0 aliphatic carbocycles. The normalized spacial score (nSPS) is 14.8. The lowest BCUT2D eigenvalue weighted by atomic mass is 10.2. The molecular weight excluding hydrogens is 204 g/mol. The molecule has 0 spiro atoms. The van der Waals surface area contributed by atoms with Gasteiger partial charge in [-0.15, -0.1) is 0 Å². The summed E-state index contributed by atoms with van der Waals surface area (Å²) < 4.78 is 10.5. The highest BCUT2D eigenvalue weighted by Gasteiger charge is 2.07. The summed E-state index contributed by atoms with van der Waals surface area (Å²) in [5.41, 5.74) is 1.07. The molecule has 1 aromatic carbocycles. The fraction of sp³-hybridized carbons (Fsp3) is 0.167. The van der Waals surface area contributed by atoms with Gasteiger partial charge in [-0.2, -0.15) is 0 Å². The number of rotatable bonds is 4. The van der Waals surface area contributed by atoms with E-state index in [0.717, 1.165) is 11.3 Å². The Bertz CT molecular complexity index is 385. The first-order chi connectivity index (χ1) is 7.88. The molecular formula is C12H13N2O2. The van der Waals surface area contributed by atoms with Gasteiger partial charge in [-0.1, -0.05) is 12.1 Å². The number of nitrogens with one attached hydrogen (secondary N) is 1. The molecule has 0 fully saturated rings. The number of hydrogen-bond donors (Lipinski definition) is 1. The number of methoxy groups -OCH3 is 1. The van der Waals surface area contributed by atoms with Crippen molar-refractivity contribution in [3.8, 4) is 5.75 Å². The molecule has 0 aromatic heterocycles. The van der Waals surface area contributed by atoms with Gasteiger partial charge in [0.15, 0.2) is 0 Å². The molecule has 0 saturated heterocycles. The van der Waals surface area contributed by atoms with Crippen LogP contribution in [0.2, 0.25) is 0 Å². The molecule has 0 bridgehead atoms. The van der Waals surface area contributed by atoms with E-state index in [4.69, 9.17) is 9.47 Å². The summed E-state index contributed by atoms with van der Waals surface area (Å²) in [6, 6.07) is 7.73. The number of benzene rings is 1. The summed E-state index contributed by atoms with van der Waals surface area (Å²) >= 11 is 0. The molecule has 0 atom stereocenters. The first-order valence-electron chi connectivity index (χ1n) is 4.97. The molecule has 83 valence electrons. The van der Waals surface area contributed by atoms with E-state index in [1.54, 1.807) is 25.6 Å². The number of allylic oxidation sites excluding steroid dienone is 1. The van der Waals surface area contributed by atoms with Crippen LogP contribution in [0.25, 0.3) is 0 Å². The zero-order valence-electron chi connectivity index (χ0n) is 9.01. The molecule has 1 aliphatic rings. The van der Waals surface area contributed by atoms with Crippen LogP contribution in [0.5, 0.6) is 5.75 Å². The minimum atomic E-state index is 0.484. The van der Waals surface area contributed by atoms with Crippen LogP contribution in [-0.2, 0) is 11.3 Å². The zero-order chi connectivity index (χ0) is 11.2. The monoisotopic (exact) mass is 217 g/mol. The van der Waals surface area contributed by atoms with Crippen LogP contribution < -0.4 is 10.1 Å². The Morgan fingerprint density at radius 3 is 2.69 bits per heavy atom. The molecule has 2 rings (SSSR count). The summed E-state index contributed by atoms with van der Waals surface area (Å²) in [5, 5.41) is 2.90. The fourth-order valence-electron chi connectivity index (χ4n) is 1.26. The third-order valence-corrected chi connectivity index (χ3v) is 2.12. The van der Waals surface area contributed by atoms with Crippen LogP contribution in [0, 0.1) is 6.35 Å². The van der Waals surface area contributed by atoms with Gasteiger partial charge in [-0.05, 0) is 23.8 Å². The topological polar surface area (TPSA) is 42.9 Å². The fourth-order valence-corrected chi connectivity index (χ4v) is 1.26. The Kier molecular flexibility index (Phi) is 3.56. The van der Waals surface area contributed by atoms with Gasteiger partial charge in [0.1, 0.15) is 5.75 Å². The van der Waals surface area contributed by atoms with E-state index >= 15 is 0 Å². The van der Waals surface area contributed by atoms with Gasteiger partial charge in [-0.3, -0.25) is 0 Å². The van der Waals surface area contributed by atoms with E-state index < -0.39 is 0 Å². The van der Waals surface area contributed by atoms with E-state index in [2.05, 4.69) is 10.3 Å². The second-order valence-electron chi connectivity index (χ2n) is 3.22. The lowest BCUT2D eigenvalue weighted by Gasteiger charge is -2.13. The first kappa shape index (κ1) is 10.7. The quantitative estimate of drug-likeness (QED) is 0.836. The molecule has 4 heteroatoms. The minimum absolute atomic E-state index is 0.484. The Morgan fingerprint density at radius 2 is 2.06 bits per heavy atom. The van der Waals surface area contributed by atoms with Crippen molar-refractivity contribution in [3.63, 3.8) is 0 Å². The molecule has 16 heavy (non-hydrogen) atoms. The van der Waals surface area contributed by atoms with E-state index in [1.807, 2.05) is 24.3 Å². The van der Waals surface area contributed by atoms with Crippen LogP contribution in [0.4, 0.5) is 0 Å². The molecule has 1 N–H and O–H groups in total. The SMILES string of the molecule is COc1ccc(CO[C]2N=CC=CN2)cc1. The second kappa shape index (κ2) is 5.32. The highest BCUT2D eigenvalue weighted by Crippen LogP contribution is 2.13. The molecule has 0 saturated carbocycles. The average molecular weight is 217 g/mol. The van der Waals surface area contributed by atoms with Crippen LogP contribution >= 0.6 is 0 Å². The highest BCUT2D eigenvalue weighted by molar-refractivity contribution is 5.72. The van der Waals surface area contributed by atoms with Crippen molar-refractivity contribution in [3.05, 3.63) is 48.5 Å². The van der Waals surface area contributed by atoms with Gasteiger partial charge in [0, 0.05) is 12.4 Å². The summed E-state index contributed by atoms with van der Waals surface area (Å²) in [5.74, 6) is 0.841. The molecule has 1 aliphatic heterocycles. The van der Waals surface area contributed by atoms with Crippen molar-refractivity contribution in [2.45, 2.75) is 6.61 Å². The predicted octanol–water partition coefficient (Wildman–Crippen LogP) is 1.85. The molecule has 4 nitrogen and oxygen atoms in total. The van der Waals surface area contributed by atoms with Crippen molar-refractivity contribution < 1.29 is 9.47 Å². The van der Waals surface area contributed by atoms with Gasteiger partial charge in [0.2, 0.25) is 0 Å². The lowest BCUT2D eigenvalue weighted by Crippen LogP contribution is -2.18. The van der Waals surface area contributed by atoms with Gasteiger partial charge in [0.05, 0.1) is 13.7 Å². The van der Waals surface area contributed by atoms with Crippen molar-refractivity contribution in [1.82, 2.24) is 5.32 Å². The number of aliphatic imine (C=N–C) groups is 1. The minimum Gasteiger partial charge on any atom is -0.497 e. The van der Waals surface area contributed by atoms with E-state index in [-0.39, 0.29) is 0 Å². The van der Waals surface area contributed by atoms with E-state index in [9.17, 15) is 0 Å². The largest absolute Gasteiger partial charge is 0.497 e. The van der Waals surface area contributed by atoms with Crippen molar-refractivity contribution in [1.29, 1.82) is 0 Å². The summed E-state index contributed by atoms with van der Waals surface area (Å²) in [6.07, 6.45) is 5.77. The number of ether oxygens (including phenoxy) is 2. The Labute approximate surface area is 94.6 Å². The highest BCUT2D eigenvalue weighted by atomic mass is 16.5. The number of nitrogens with zero attached hydrogens (tertiary/aromatic N) is 1. The summed E-state index contributed by atoms with van der Waals surface area (Å²) in [4.78, 5) is 4.03. The maximum Gasteiger partial charge on any atom is 0.310 e. The van der Waals surface area contributed by atoms with Gasteiger partial charge in [-0.25, -0.2) is 4.99 Å². The third kappa shape index (κ3) is 2.84. The lowest BCUT2D eigenvalue weighted by molar-refractivity contribution is 0.117. The van der Waals surface area contributed by atoms with Crippen molar-refractivity contribution in [2.75, 3.05) is 7.11 Å². The van der Waals surface area contributed by atoms with E-state index in [1.165, 1.54) is 0 Å². The third-order valence-electron chi connectivity index (χ3n) is 2.12. The van der Waals surface area contributed by atoms with E-state index in [0.29, 0.717) is 13.0 Å². The summed E-state index contributed by atoms with van der Waals surface area (Å²) in [7, 11) is 1.65. The maximum absolute atomic E-state index is 5.46. The van der Waals surface area contributed by atoms with Crippen LogP contribution in [0.3, 0.4) is 0 Å². The Hall–Kier alpha value is -1.81. The maximum atomic E-state index is 5.46. The van der Waals surface area contributed by atoms with Gasteiger partial charge >= 0.3 is 6.35 Å². The molecule has 1 radical (unpaired) electrons. The standard InChI is InChI=1S/C12H13N2O2/c1-15-11-5-3-10(4-6-11)9-16-12-13-7-2-8-14-12/h2-8,13H,9H2,1H3. The predicted molar refractivity (Wildman–Crippen MR) is 61.8 cm³/mol. The Balaban J connectivity index is 1.84. The molecule has 0 unspecified atom stereocenters. The van der Waals surface area contributed by atoms with Crippen LogP contribution in [-0.4, -0.2) is 13.3 Å². The average Bonchev–Trinajstić information content (AvgIpc) is 2.38. The van der Waals surface area contributed by atoms with Crippen LogP contribution in [0.1, 0.15) is 5.56 Å². The van der Waals surface area contributed by atoms with Gasteiger partial charge < -0.3 is 14.8 Å². The van der Waals surface area contributed by atoms with Gasteiger partial charge in [0.25, 0.3) is 0 Å².